The Balaban J connectivity index is 2.67. The Labute approximate surface area is 96.6 Å². The Kier molecular flexibility index (Phi) is 4.90. The maximum absolute atomic E-state index is 11.0. The highest BCUT2D eigenvalue weighted by molar-refractivity contribution is 6.27. The van der Waals surface area contributed by atoms with Gasteiger partial charge in [0, 0.05) is 0 Å². The molecule has 1 saturated heterocycles. The predicted octanol–water partition coefficient (Wildman–Crippen LogP) is -2.86. The molecule has 0 saturated carbocycles. The van der Waals surface area contributed by atoms with Crippen LogP contribution in [0.25, 0.3) is 0 Å². The number of carbonyl (C=O) groups excluding carboxylic acids is 1. The summed E-state index contributed by atoms with van der Waals surface area (Å²) in [4.78, 5) is 11.0. The second-order valence-electron chi connectivity index (χ2n) is 3.46. The smallest absolute Gasteiger partial charge is 0.235 e. The average Bonchev–Trinajstić information content (AvgIpc) is 2.28. The summed E-state index contributed by atoms with van der Waals surface area (Å²) >= 11 is 5.24. The molecule has 1 aliphatic rings. The summed E-state index contributed by atoms with van der Waals surface area (Å²) in [5.41, 5.74) is 0. The van der Waals surface area contributed by atoms with Gasteiger partial charge in [-0.2, -0.15) is 0 Å². The fourth-order valence-electron chi connectivity index (χ4n) is 1.48. The molecule has 0 aromatic heterocycles. The number of rotatable bonds is 3. The highest BCUT2D eigenvalue weighted by atomic mass is 35.5. The van der Waals surface area contributed by atoms with Crippen LogP contribution in [0.5, 0.6) is 0 Å². The molecule has 0 aliphatic carbocycles. The van der Waals surface area contributed by atoms with Crippen molar-refractivity contribution in [3.63, 3.8) is 0 Å². The second-order valence-corrected chi connectivity index (χ2v) is 3.72. The molecule has 0 spiro atoms. The molecule has 94 valence electrons. The number of amides is 1. The van der Waals surface area contributed by atoms with Crippen LogP contribution >= 0.6 is 11.6 Å². The van der Waals surface area contributed by atoms with Gasteiger partial charge in [0.25, 0.3) is 0 Å². The Hall–Kier alpha value is -0.440. The van der Waals surface area contributed by atoms with Crippen molar-refractivity contribution in [2.75, 3.05) is 12.5 Å². The molecule has 8 heteroatoms. The van der Waals surface area contributed by atoms with Crippen LogP contribution < -0.4 is 5.32 Å². The number of aliphatic hydroxyl groups is 4. The predicted molar refractivity (Wildman–Crippen MR) is 52.6 cm³/mol. The summed E-state index contributed by atoms with van der Waals surface area (Å²) in [5, 5.41) is 39.5. The average molecular weight is 256 g/mol. The van der Waals surface area contributed by atoms with Gasteiger partial charge in [0.2, 0.25) is 5.91 Å². The first-order valence-corrected chi connectivity index (χ1v) is 5.20. The van der Waals surface area contributed by atoms with Crippen LogP contribution in [0.1, 0.15) is 0 Å². The van der Waals surface area contributed by atoms with Crippen molar-refractivity contribution in [2.45, 2.75) is 30.6 Å². The number of ether oxygens (including phenoxy) is 1. The summed E-state index contributed by atoms with van der Waals surface area (Å²) in [6, 6.07) is -1.18. The van der Waals surface area contributed by atoms with E-state index in [1.807, 2.05) is 0 Å². The fourth-order valence-corrected chi connectivity index (χ4v) is 1.55. The van der Waals surface area contributed by atoms with E-state index in [2.05, 4.69) is 5.32 Å². The number of aliphatic hydroxyl groups excluding tert-OH is 4. The van der Waals surface area contributed by atoms with Gasteiger partial charge in [0.05, 0.1) is 6.61 Å². The van der Waals surface area contributed by atoms with Gasteiger partial charge in [-0.25, -0.2) is 0 Å². The molecule has 5 N–H and O–H groups in total. The monoisotopic (exact) mass is 255 g/mol. The van der Waals surface area contributed by atoms with E-state index >= 15 is 0 Å². The third-order valence-electron chi connectivity index (χ3n) is 2.35. The molecule has 5 atom stereocenters. The summed E-state index contributed by atoms with van der Waals surface area (Å²) in [6.45, 7) is -0.550. The minimum absolute atomic E-state index is 0.338. The Morgan fingerprint density at radius 2 is 1.94 bits per heavy atom. The van der Waals surface area contributed by atoms with Crippen molar-refractivity contribution in [3.8, 4) is 0 Å². The van der Waals surface area contributed by atoms with E-state index in [0.717, 1.165) is 0 Å². The summed E-state index contributed by atoms with van der Waals surface area (Å²) in [7, 11) is 0. The molecule has 16 heavy (non-hydrogen) atoms. The quantitative estimate of drug-likeness (QED) is 0.346. The summed E-state index contributed by atoms with van der Waals surface area (Å²) in [5.74, 6) is -0.946. The van der Waals surface area contributed by atoms with Gasteiger partial charge < -0.3 is 30.5 Å². The highest BCUT2D eigenvalue weighted by Gasteiger charge is 2.44. The van der Waals surface area contributed by atoms with Crippen molar-refractivity contribution in [1.82, 2.24) is 5.32 Å². The molecule has 7 nitrogen and oxygen atoms in total. The van der Waals surface area contributed by atoms with Crippen LogP contribution in [0.4, 0.5) is 0 Å². The number of carbonyl (C=O) groups is 1. The molecule has 0 aromatic rings. The van der Waals surface area contributed by atoms with Gasteiger partial charge in [-0.15, -0.1) is 11.6 Å². The van der Waals surface area contributed by atoms with Gasteiger partial charge in [-0.3, -0.25) is 4.79 Å². The second kappa shape index (κ2) is 5.76. The lowest BCUT2D eigenvalue weighted by molar-refractivity contribution is -0.253. The molecule has 1 aliphatic heterocycles. The van der Waals surface area contributed by atoms with E-state index < -0.39 is 43.2 Å². The standard InChI is InChI=1S/C8H14ClNO6/c9-1-4(12)10-5-7(14)6(13)3(2-11)16-8(5)15/h3,5-8,11,13-15H,1-2H2,(H,10,12). The zero-order valence-corrected chi connectivity index (χ0v) is 9.04. The first-order chi connectivity index (χ1) is 7.51. The van der Waals surface area contributed by atoms with Crippen molar-refractivity contribution in [3.05, 3.63) is 0 Å². The zero-order chi connectivity index (χ0) is 12.3. The first kappa shape index (κ1) is 13.6. The van der Waals surface area contributed by atoms with Crippen molar-refractivity contribution < 1.29 is 30.0 Å². The van der Waals surface area contributed by atoms with Gasteiger partial charge in [-0.1, -0.05) is 0 Å². The molecule has 5 unspecified atom stereocenters. The van der Waals surface area contributed by atoms with Crippen LogP contribution in [0, 0.1) is 0 Å². The summed E-state index contributed by atoms with van der Waals surface area (Å²) < 4.78 is 4.81. The lowest BCUT2D eigenvalue weighted by atomic mass is 9.97. The fraction of sp³-hybridized carbons (Fsp3) is 0.875. The zero-order valence-electron chi connectivity index (χ0n) is 8.28. The van der Waals surface area contributed by atoms with E-state index in [4.69, 9.17) is 21.4 Å². The van der Waals surface area contributed by atoms with E-state index in [1.165, 1.54) is 0 Å². The van der Waals surface area contributed by atoms with Crippen LogP contribution in [0.2, 0.25) is 0 Å². The van der Waals surface area contributed by atoms with E-state index in [1.54, 1.807) is 0 Å². The Morgan fingerprint density at radius 1 is 1.31 bits per heavy atom. The molecule has 1 amide bonds. The van der Waals surface area contributed by atoms with Crippen LogP contribution in [0.3, 0.4) is 0 Å². The molecule has 1 heterocycles. The SMILES string of the molecule is O=C(CCl)NC1C(O)OC(CO)C(O)C1O. The lowest BCUT2D eigenvalue weighted by Crippen LogP contribution is -2.64. The van der Waals surface area contributed by atoms with Crippen LogP contribution in [-0.4, -0.2) is 69.5 Å². The Morgan fingerprint density at radius 3 is 2.44 bits per heavy atom. The molecule has 1 fully saturated rings. The van der Waals surface area contributed by atoms with Crippen molar-refractivity contribution >= 4 is 17.5 Å². The number of hydrogen-bond acceptors (Lipinski definition) is 6. The van der Waals surface area contributed by atoms with E-state index in [0.29, 0.717) is 0 Å². The molecule has 0 aromatic carbocycles. The normalized spacial score (nSPS) is 39.4. The topological polar surface area (TPSA) is 119 Å². The third-order valence-corrected chi connectivity index (χ3v) is 2.59. The number of nitrogens with one attached hydrogen (secondary N) is 1. The number of hydrogen-bond donors (Lipinski definition) is 5. The molecule has 0 radical (unpaired) electrons. The lowest BCUT2D eigenvalue weighted by Gasteiger charge is -2.40. The van der Waals surface area contributed by atoms with Gasteiger partial charge in [0.1, 0.15) is 30.2 Å². The first-order valence-electron chi connectivity index (χ1n) is 4.67. The van der Waals surface area contributed by atoms with Crippen LogP contribution in [-0.2, 0) is 9.53 Å². The maximum Gasteiger partial charge on any atom is 0.235 e. The largest absolute Gasteiger partial charge is 0.394 e. The summed E-state index contributed by atoms with van der Waals surface area (Å²) in [6.07, 6.45) is -5.43. The van der Waals surface area contributed by atoms with Gasteiger partial charge >= 0.3 is 0 Å². The van der Waals surface area contributed by atoms with E-state index in [-0.39, 0.29) is 5.88 Å². The Bertz CT molecular complexity index is 253. The molecule has 1 rings (SSSR count). The van der Waals surface area contributed by atoms with Crippen molar-refractivity contribution in [1.29, 1.82) is 0 Å². The van der Waals surface area contributed by atoms with Gasteiger partial charge in [0.15, 0.2) is 6.29 Å². The third kappa shape index (κ3) is 2.82. The molecular weight excluding hydrogens is 242 g/mol. The van der Waals surface area contributed by atoms with Gasteiger partial charge in [-0.05, 0) is 0 Å². The maximum atomic E-state index is 11.0. The molecular formula is C8H14ClNO6. The molecule has 0 bridgehead atoms. The highest BCUT2D eigenvalue weighted by Crippen LogP contribution is 2.19. The minimum Gasteiger partial charge on any atom is -0.394 e. The van der Waals surface area contributed by atoms with E-state index in [9.17, 15) is 20.1 Å². The number of alkyl halides is 1. The number of halogens is 1. The minimum atomic E-state index is -1.51. The van der Waals surface area contributed by atoms with Crippen molar-refractivity contribution in [2.24, 2.45) is 0 Å². The van der Waals surface area contributed by atoms with Crippen LogP contribution in [0.15, 0.2) is 0 Å².